The van der Waals surface area contributed by atoms with Crippen molar-refractivity contribution in [2.75, 3.05) is 0 Å². The average Bonchev–Trinajstić information content (AvgIpc) is 2.91. The lowest BCUT2D eigenvalue weighted by atomic mass is 9.87. The van der Waals surface area contributed by atoms with Crippen molar-refractivity contribution in [1.29, 1.82) is 0 Å². The molecule has 0 saturated carbocycles. The number of allylic oxidation sites excluding steroid dienone is 8. The molecule has 0 heterocycles. The Balaban J connectivity index is 2.38. The minimum absolute atomic E-state index is 0.257. The fraction of sp³-hybridized carbons (Fsp3) is 0.636. The van der Waals surface area contributed by atoms with Gasteiger partial charge in [0.1, 0.15) is 0 Å². The Morgan fingerprint density at radius 2 is 1.00 bits per heavy atom. The first-order chi connectivity index (χ1) is 10.2. The highest BCUT2D eigenvalue weighted by Crippen LogP contribution is 2.51. The molecule has 0 nitrogen and oxygen atoms in total. The zero-order chi connectivity index (χ0) is 17.8. The molecule has 0 fully saturated rings. The van der Waals surface area contributed by atoms with Gasteiger partial charge in [0.25, 0.3) is 0 Å². The highest BCUT2D eigenvalue weighted by molar-refractivity contribution is 6.82. The number of hydrogen-bond acceptors (Lipinski definition) is 0. The Morgan fingerprint density at radius 1 is 0.696 bits per heavy atom. The van der Waals surface area contributed by atoms with Gasteiger partial charge in [-0.15, -0.1) is 0 Å². The van der Waals surface area contributed by atoms with Gasteiger partial charge in [-0.1, -0.05) is 90.1 Å². The van der Waals surface area contributed by atoms with Gasteiger partial charge in [-0.3, -0.25) is 0 Å². The van der Waals surface area contributed by atoms with Gasteiger partial charge >= 0.3 is 0 Å². The molecule has 2 atom stereocenters. The molecule has 128 valence electrons. The van der Waals surface area contributed by atoms with Crippen LogP contribution >= 0.6 is 0 Å². The SMILES string of the molecule is CC1=CC(C(C)(C)C)=C[C@@H]1[Si](C)(C)[C@H]1C=C(C(C)(C)C)C=C1C. The fourth-order valence-corrected chi connectivity index (χ4v) is 8.24. The van der Waals surface area contributed by atoms with Gasteiger partial charge < -0.3 is 0 Å². The van der Waals surface area contributed by atoms with Crippen LogP contribution in [0.1, 0.15) is 55.4 Å². The van der Waals surface area contributed by atoms with Crippen LogP contribution in [-0.2, 0) is 0 Å². The molecule has 2 rings (SSSR count). The van der Waals surface area contributed by atoms with E-state index in [0.717, 1.165) is 0 Å². The van der Waals surface area contributed by atoms with Crippen molar-refractivity contribution in [1.82, 2.24) is 0 Å². The van der Waals surface area contributed by atoms with E-state index in [0.29, 0.717) is 11.1 Å². The molecule has 1 heteroatoms. The first-order valence-electron chi connectivity index (χ1n) is 9.05. The lowest BCUT2D eigenvalue weighted by Gasteiger charge is -2.36. The van der Waals surface area contributed by atoms with Crippen molar-refractivity contribution in [3.8, 4) is 0 Å². The quantitative estimate of drug-likeness (QED) is 0.466. The minimum atomic E-state index is -1.49. The van der Waals surface area contributed by atoms with Gasteiger partial charge in [0, 0.05) is 0 Å². The third-order valence-corrected chi connectivity index (χ3v) is 10.2. The van der Waals surface area contributed by atoms with Crippen LogP contribution in [0.15, 0.2) is 46.6 Å². The molecule has 0 spiro atoms. The van der Waals surface area contributed by atoms with E-state index >= 15 is 0 Å². The van der Waals surface area contributed by atoms with Crippen molar-refractivity contribution in [2.24, 2.45) is 10.8 Å². The molecule has 0 aliphatic heterocycles. The Morgan fingerprint density at radius 3 is 1.22 bits per heavy atom. The molecular weight excluding hydrogens is 292 g/mol. The maximum absolute atomic E-state index is 2.59. The van der Waals surface area contributed by atoms with Gasteiger partial charge in [0.2, 0.25) is 0 Å². The van der Waals surface area contributed by atoms with E-state index in [4.69, 9.17) is 0 Å². The van der Waals surface area contributed by atoms with Crippen molar-refractivity contribution in [2.45, 2.75) is 79.6 Å². The van der Waals surface area contributed by atoms with Gasteiger partial charge in [0.05, 0.1) is 8.07 Å². The monoisotopic (exact) mass is 328 g/mol. The number of rotatable bonds is 2. The number of hydrogen-bond donors (Lipinski definition) is 0. The van der Waals surface area contributed by atoms with Crippen LogP contribution in [0.2, 0.25) is 24.2 Å². The van der Waals surface area contributed by atoms with Gasteiger partial charge in [-0.05, 0) is 46.9 Å². The Hall–Kier alpha value is -0.823. The molecule has 0 saturated heterocycles. The highest BCUT2D eigenvalue weighted by Gasteiger charge is 2.43. The predicted molar refractivity (Wildman–Crippen MR) is 108 cm³/mol. The van der Waals surface area contributed by atoms with Crippen molar-refractivity contribution < 1.29 is 0 Å². The third kappa shape index (κ3) is 3.50. The van der Waals surface area contributed by atoms with Gasteiger partial charge in [-0.2, -0.15) is 0 Å². The van der Waals surface area contributed by atoms with Gasteiger partial charge in [0.15, 0.2) is 0 Å². The van der Waals surface area contributed by atoms with E-state index in [9.17, 15) is 0 Å². The van der Waals surface area contributed by atoms with Crippen LogP contribution in [0.3, 0.4) is 0 Å². The summed E-state index contributed by atoms with van der Waals surface area (Å²) in [6, 6.07) is 0. The lowest BCUT2D eigenvalue weighted by molar-refractivity contribution is 0.517. The molecule has 0 aromatic carbocycles. The van der Waals surface area contributed by atoms with Crippen molar-refractivity contribution in [3.05, 3.63) is 46.6 Å². The summed E-state index contributed by atoms with van der Waals surface area (Å²) in [5.41, 5.74) is 8.07. The summed E-state index contributed by atoms with van der Waals surface area (Å²) in [5.74, 6) is 0. The van der Waals surface area contributed by atoms with E-state index < -0.39 is 8.07 Å². The second-order valence-electron chi connectivity index (χ2n) is 10.3. The van der Waals surface area contributed by atoms with Crippen LogP contribution in [-0.4, -0.2) is 8.07 Å². The Bertz CT molecular complexity index is 555. The molecule has 0 unspecified atom stereocenters. The largest absolute Gasteiger partial charge is 0.0763 e. The molecule has 2 aliphatic rings. The van der Waals surface area contributed by atoms with E-state index in [1.54, 1.807) is 11.1 Å². The summed E-state index contributed by atoms with van der Waals surface area (Å²) < 4.78 is 0. The van der Waals surface area contributed by atoms with Crippen LogP contribution in [0.5, 0.6) is 0 Å². The Labute approximate surface area is 145 Å². The minimum Gasteiger partial charge on any atom is -0.0763 e. The van der Waals surface area contributed by atoms with Crippen molar-refractivity contribution in [3.63, 3.8) is 0 Å². The van der Waals surface area contributed by atoms with E-state index in [1.165, 1.54) is 11.1 Å². The Kier molecular flexibility index (Phi) is 4.52. The summed E-state index contributed by atoms with van der Waals surface area (Å²) >= 11 is 0. The molecule has 23 heavy (non-hydrogen) atoms. The van der Waals surface area contributed by atoms with Crippen LogP contribution in [0.4, 0.5) is 0 Å². The standard InChI is InChI=1S/C22H36Si/c1-15-11-17(21(3,4)5)13-19(15)23(9,10)20-14-18(12-16(20)2)22(6,7)8/h11-14,19-20H,1-10H3/t19-,20-/m0/s1. The summed E-state index contributed by atoms with van der Waals surface area (Å²) in [6.07, 6.45) is 10.1. The molecule has 0 N–H and O–H groups in total. The lowest BCUT2D eigenvalue weighted by Crippen LogP contribution is -2.37. The second-order valence-corrected chi connectivity index (χ2v) is 15.2. The maximum Gasteiger partial charge on any atom is 0.0706 e. The fourth-order valence-electron chi connectivity index (χ4n) is 4.12. The first kappa shape index (κ1) is 18.5. The van der Waals surface area contributed by atoms with Crippen LogP contribution in [0.25, 0.3) is 0 Å². The predicted octanol–water partition coefficient (Wildman–Crippen LogP) is 7.30. The summed E-state index contributed by atoms with van der Waals surface area (Å²) in [7, 11) is -1.49. The van der Waals surface area contributed by atoms with E-state index in [1.807, 2.05) is 0 Å². The maximum atomic E-state index is 2.59. The van der Waals surface area contributed by atoms with Crippen LogP contribution < -0.4 is 0 Å². The van der Waals surface area contributed by atoms with E-state index in [2.05, 4.69) is 92.8 Å². The average molecular weight is 329 g/mol. The van der Waals surface area contributed by atoms with Crippen LogP contribution in [0, 0.1) is 10.8 Å². The molecule has 0 aromatic rings. The molecule has 0 radical (unpaired) electrons. The molecule has 0 amide bonds. The zero-order valence-electron chi connectivity index (χ0n) is 17.0. The highest BCUT2D eigenvalue weighted by atomic mass is 28.3. The summed E-state index contributed by atoms with van der Waals surface area (Å²) in [4.78, 5) is 0. The van der Waals surface area contributed by atoms with Crippen molar-refractivity contribution >= 4 is 8.07 Å². The first-order valence-corrected chi connectivity index (χ1v) is 12.2. The third-order valence-electron chi connectivity index (χ3n) is 5.78. The van der Waals surface area contributed by atoms with Gasteiger partial charge in [-0.25, -0.2) is 0 Å². The molecular formula is C22H36Si. The molecule has 0 bridgehead atoms. The van der Waals surface area contributed by atoms with E-state index in [-0.39, 0.29) is 10.8 Å². The summed E-state index contributed by atoms with van der Waals surface area (Å²) in [6.45, 7) is 23.8. The normalized spacial score (nSPS) is 26.0. The molecule has 0 aromatic heterocycles. The second kappa shape index (κ2) is 5.62. The zero-order valence-corrected chi connectivity index (χ0v) is 18.0. The molecule has 2 aliphatic carbocycles. The topological polar surface area (TPSA) is 0 Å². The summed E-state index contributed by atoms with van der Waals surface area (Å²) in [5, 5.41) is 0. The smallest absolute Gasteiger partial charge is 0.0706 e.